The Labute approximate surface area is 105 Å². The normalized spacial score (nSPS) is 21.7. The summed E-state index contributed by atoms with van der Waals surface area (Å²) < 4.78 is 5.06. The number of carbonyl (C=O) groups excluding carboxylic acids is 1. The van der Waals surface area contributed by atoms with Gasteiger partial charge in [-0.3, -0.25) is 4.79 Å². The molecular weight excluding hydrogens is 238 g/mol. The molecule has 3 nitrogen and oxygen atoms in total. The average molecular weight is 252 g/mol. The minimum Gasteiger partial charge on any atom is -0.377 e. The second-order valence-electron chi connectivity index (χ2n) is 4.80. The molecule has 1 aliphatic carbocycles. The molecule has 1 aliphatic heterocycles. The number of hydrogen-bond acceptors (Lipinski definition) is 2. The first kappa shape index (κ1) is 11.1. The van der Waals surface area contributed by atoms with Gasteiger partial charge < -0.3 is 10.1 Å². The van der Waals surface area contributed by atoms with E-state index in [1.807, 2.05) is 24.3 Å². The maximum atomic E-state index is 12.2. The topological polar surface area (TPSA) is 38.3 Å². The fourth-order valence-corrected chi connectivity index (χ4v) is 2.31. The highest BCUT2D eigenvalue weighted by atomic mass is 35.5. The number of amides is 1. The van der Waals surface area contributed by atoms with Crippen molar-refractivity contribution < 1.29 is 9.53 Å². The molecule has 0 radical (unpaired) electrons. The summed E-state index contributed by atoms with van der Waals surface area (Å²) in [6.45, 7) is 1.28. The minimum absolute atomic E-state index is 0.133. The Morgan fingerprint density at radius 2 is 1.94 bits per heavy atom. The molecule has 1 saturated carbocycles. The van der Waals surface area contributed by atoms with Gasteiger partial charge in [0.05, 0.1) is 24.7 Å². The summed E-state index contributed by atoms with van der Waals surface area (Å²) in [5.74, 6) is 0.133. The molecule has 4 heteroatoms. The van der Waals surface area contributed by atoms with Gasteiger partial charge in [-0.1, -0.05) is 23.7 Å². The molecule has 0 spiro atoms. The number of ether oxygens (including phenoxy) is 1. The van der Waals surface area contributed by atoms with Crippen molar-refractivity contribution in [2.45, 2.75) is 24.3 Å². The molecule has 3 rings (SSSR count). The van der Waals surface area contributed by atoms with Crippen LogP contribution in [0.15, 0.2) is 24.3 Å². The Kier molecular flexibility index (Phi) is 2.60. The zero-order valence-corrected chi connectivity index (χ0v) is 10.2. The van der Waals surface area contributed by atoms with Gasteiger partial charge in [0.2, 0.25) is 5.91 Å². The number of hydrogen-bond donors (Lipinski definition) is 1. The van der Waals surface area contributed by atoms with Gasteiger partial charge in [0, 0.05) is 5.02 Å². The van der Waals surface area contributed by atoms with Crippen molar-refractivity contribution >= 4 is 17.5 Å². The Morgan fingerprint density at radius 1 is 1.29 bits per heavy atom. The molecular formula is C13H14ClNO2. The van der Waals surface area contributed by atoms with Crippen LogP contribution in [0.4, 0.5) is 0 Å². The number of benzene rings is 1. The number of carbonyl (C=O) groups is 1. The van der Waals surface area contributed by atoms with E-state index in [1.54, 1.807) is 0 Å². The first-order valence-electron chi connectivity index (χ1n) is 5.85. The fraction of sp³-hybridized carbons (Fsp3) is 0.462. The predicted octanol–water partition coefficient (Wildman–Crippen LogP) is 1.89. The third-order valence-corrected chi connectivity index (χ3v) is 3.81. The van der Waals surface area contributed by atoms with Crippen LogP contribution in [0.2, 0.25) is 5.02 Å². The van der Waals surface area contributed by atoms with Crippen molar-refractivity contribution in [1.82, 2.24) is 5.32 Å². The van der Waals surface area contributed by atoms with E-state index < -0.39 is 0 Å². The van der Waals surface area contributed by atoms with Crippen LogP contribution >= 0.6 is 11.6 Å². The molecule has 17 heavy (non-hydrogen) atoms. The van der Waals surface area contributed by atoms with Gasteiger partial charge in [0.1, 0.15) is 0 Å². The van der Waals surface area contributed by atoms with E-state index in [2.05, 4.69) is 5.32 Å². The first-order valence-corrected chi connectivity index (χ1v) is 6.23. The highest BCUT2D eigenvalue weighted by Gasteiger charge is 2.51. The maximum Gasteiger partial charge on any atom is 0.231 e. The van der Waals surface area contributed by atoms with Crippen LogP contribution in [0.25, 0.3) is 0 Å². The summed E-state index contributed by atoms with van der Waals surface area (Å²) in [6.07, 6.45) is 1.85. The lowest BCUT2D eigenvalue weighted by Crippen LogP contribution is -2.51. The van der Waals surface area contributed by atoms with Crippen LogP contribution in [-0.4, -0.2) is 25.2 Å². The van der Waals surface area contributed by atoms with Crippen molar-refractivity contribution in [3.05, 3.63) is 34.9 Å². The minimum atomic E-state index is -0.305. The van der Waals surface area contributed by atoms with Crippen LogP contribution in [0.3, 0.4) is 0 Å². The van der Waals surface area contributed by atoms with Gasteiger partial charge in [-0.15, -0.1) is 0 Å². The highest BCUT2D eigenvalue weighted by Crippen LogP contribution is 2.48. The largest absolute Gasteiger partial charge is 0.377 e. The Balaban J connectivity index is 1.76. The molecule has 1 N–H and O–H groups in total. The van der Waals surface area contributed by atoms with E-state index in [9.17, 15) is 4.79 Å². The van der Waals surface area contributed by atoms with E-state index in [0.717, 1.165) is 18.4 Å². The molecule has 2 aliphatic rings. The molecule has 0 atom stereocenters. The number of rotatable bonds is 3. The summed E-state index contributed by atoms with van der Waals surface area (Å²) in [5, 5.41) is 3.74. The van der Waals surface area contributed by atoms with Crippen molar-refractivity contribution in [3.8, 4) is 0 Å². The average Bonchev–Trinajstić information content (AvgIpc) is 3.05. The summed E-state index contributed by atoms with van der Waals surface area (Å²) in [5.41, 5.74) is 0.764. The fourth-order valence-electron chi connectivity index (χ4n) is 2.18. The molecule has 2 fully saturated rings. The standard InChI is InChI=1S/C13H14ClNO2/c14-10-3-1-9(2-4-10)13(5-6-13)12(16)15-11-7-17-8-11/h1-4,11H,5-8H2,(H,15,16). The van der Waals surface area contributed by atoms with Crippen molar-refractivity contribution in [3.63, 3.8) is 0 Å². The van der Waals surface area contributed by atoms with E-state index in [1.165, 1.54) is 0 Å². The molecule has 0 aromatic heterocycles. The summed E-state index contributed by atoms with van der Waals surface area (Å²) >= 11 is 5.86. The van der Waals surface area contributed by atoms with Gasteiger partial charge in [-0.25, -0.2) is 0 Å². The van der Waals surface area contributed by atoms with Gasteiger partial charge in [0.15, 0.2) is 0 Å². The number of nitrogens with one attached hydrogen (secondary N) is 1. The Morgan fingerprint density at radius 3 is 2.41 bits per heavy atom. The predicted molar refractivity (Wildman–Crippen MR) is 65.1 cm³/mol. The monoisotopic (exact) mass is 251 g/mol. The lowest BCUT2D eigenvalue weighted by atomic mass is 9.94. The Bertz CT molecular complexity index is 435. The molecule has 1 aromatic carbocycles. The smallest absolute Gasteiger partial charge is 0.231 e. The highest BCUT2D eigenvalue weighted by molar-refractivity contribution is 6.30. The zero-order valence-electron chi connectivity index (χ0n) is 9.41. The third kappa shape index (κ3) is 1.94. The molecule has 0 unspecified atom stereocenters. The van der Waals surface area contributed by atoms with Gasteiger partial charge in [0.25, 0.3) is 0 Å². The lowest BCUT2D eigenvalue weighted by molar-refractivity contribution is -0.127. The van der Waals surface area contributed by atoms with Crippen molar-refractivity contribution in [2.24, 2.45) is 0 Å². The molecule has 90 valence electrons. The molecule has 1 heterocycles. The van der Waals surface area contributed by atoms with Gasteiger partial charge in [-0.05, 0) is 30.5 Å². The van der Waals surface area contributed by atoms with Crippen LogP contribution in [0.1, 0.15) is 18.4 Å². The van der Waals surface area contributed by atoms with E-state index >= 15 is 0 Å². The number of halogens is 1. The van der Waals surface area contributed by atoms with Crippen LogP contribution < -0.4 is 5.32 Å². The molecule has 1 aromatic rings. The Hall–Kier alpha value is -1.06. The zero-order chi connectivity index (χ0) is 11.9. The van der Waals surface area contributed by atoms with Gasteiger partial charge in [-0.2, -0.15) is 0 Å². The van der Waals surface area contributed by atoms with Crippen LogP contribution in [0, 0.1) is 0 Å². The van der Waals surface area contributed by atoms with E-state index in [4.69, 9.17) is 16.3 Å². The van der Waals surface area contributed by atoms with Crippen molar-refractivity contribution in [2.75, 3.05) is 13.2 Å². The SMILES string of the molecule is O=C(NC1COC1)C1(c2ccc(Cl)cc2)CC1. The van der Waals surface area contributed by atoms with E-state index in [-0.39, 0.29) is 17.4 Å². The van der Waals surface area contributed by atoms with Crippen LogP contribution in [0.5, 0.6) is 0 Å². The second-order valence-corrected chi connectivity index (χ2v) is 5.23. The first-order chi connectivity index (χ1) is 8.21. The molecule has 0 bridgehead atoms. The van der Waals surface area contributed by atoms with Crippen molar-refractivity contribution in [1.29, 1.82) is 0 Å². The van der Waals surface area contributed by atoms with Gasteiger partial charge >= 0.3 is 0 Å². The summed E-state index contributed by atoms with van der Waals surface area (Å²) in [6, 6.07) is 7.79. The molecule has 1 saturated heterocycles. The quantitative estimate of drug-likeness (QED) is 0.891. The summed E-state index contributed by atoms with van der Waals surface area (Å²) in [4.78, 5) is 12.2. The molecule has 1 amide bonds. The summed E-state index contributed by atoms with van der Waals surface area (Å²) in [7, 11) is 0. The lowest BCUT2D eigenvalue weighted by Gasteiger charge is -2.29. The maximum absolute atomic E-state index is 12.2. The van der Waals surface area contributed by atoms with Crippen LogP contribution in [-0.2, 0) is 14.9 Å². The van der Waals surface area contributed by atoms with E-state index in [0.29, 0.717) is 18.2 Å². The second kappa shape index (κ2) is 4.00. The third-order valence-electron chi connectivity index (χ3n) is 3.55.